The zero-order chi connectivity index (χ0) is 20.4. The zero-order valence-electron chi connectivity index (χ0n) is 14.9. The standard InChI is InChI=1S/C19H24N2O6/c1-3-10-19(17(25)26,11-9-16(23)24)21(12-4-2)18(27)20-13-14-5-7-15(22)8-6-14/h3-8,22H,1-2,9-13H2,(H,20,27)(H,23,24)(H,25,26)/t19-/m0/s1. The molecular weight excluding hydrogens is 352 g/mol. The van der Waals surface area contributed by atoms with Crippen LogP contribution in [0.25, 0.3) is 0 Å². The Morgan fingerprint density at radius 2 is 1.74 bits per heavy atom. The van der Waals surface area contributed by atoms with E-state index in [1.54, 1.807) is 12.1 Å². The molecule has 0 aromatic heterocycles. The minimum absolute atomic E-state index is 0.0822. The molecule has 0 bridgehead atoms. The maximum absolute atomic E-state index is 12.7. The van der Waals surface area contributed by atoms with E-state index in [0.29, 0.717) is 5.56 Å². The number of carbonyl (C=O) groups excluding carboxylic acids is 1. The quantitative estimate of drug-likeness (QED) is 0.439. The van der Waals surface area contributed by atoms with E-state index in [4.69, 9.17) is 5.11 Å². The predicted octanol–water partition coefficient (Wildman–Crippen LogP) is 2.35. The molecule has 0 aliphatic carbocycles. The molecule has 0 saturated carbocycles. The van der Waals surface area contributed by atoms with Crippen LogP contribution in [0.2, 0.25) is 0 Å². The summed E-state index contributed by atoms with van der Waals surface area (Å²) < 4.78 is 0. The second kappa shape index (κ2) is 10.0. The molecule has 8 nitrogen and oxygen atoms in total. The number of urea groups is 1. The fourth-order valence-electron chi connectivity index (χ4n) is 2.68. The largest absolute Gasteiger partial charge is 0.508 e. The second-order valence-electron chi connectivity index (χ2n) is 5.95. The van der Waals surface area contributed by atoms with Crippen LogP contribution >= 0.6 is 0 Å². The van der Waals surface area contributed by atoms with Crippen LogP contribution in [0.3, 0.4) is 0 Å². The van der Waals surface area contributed by atoms with Gasteiger partial charge in [0, 0.05) is 19.5 Å². The number of hydrogen-bond acceptors (Lipinski definition) is 4. The number of aromatic hydroxyl groups is 1. The number of hydrogen-bond donors (Lipinski definition) is 4. The highest BCUT2D eigenvalue weighted by atomic mass is 16.4. The Balaban J connectivity index is 3.09. The van der Waals surface area contributed by atoms with Gasteiger partial charge in [-0.1, -0.05) is 24.3 Å². The van der Waals surface area contributed by atoms with Gasteiger partial charge in [-0.15, -0.1) is 13.2 Å². The van der Waals surface area contributed by atoms with E-state index in [-0.39, 0.29) is 31.7 Å². The summed E-state index contributed by atoms with van der Waals surface area (Å²) in [6, 6.07) is 5.50. The Morgan fingerprint density at radius 3 is 2.22 bits per heavy atom. The molecule has 0 radical (unpaired) electrons. The normalized spacial score (nSPS) is 12.4. The molecule has 1 aromatic rings. The number of rotatable bonds is 11. The van der Waals surface area contributed by atoms with Crippen molar-refractivity contribution in [3.8, 4) is 5.75 Å². The van der Waals surface area contributed by atoms with Crippen molar-refractivity contribution in [2.45, 2.75) is 31.3 Å². The van der Waals surface area contributed by atoms with E-state index in [1.807, 2.05) is 0 Å². The van der Waals surface area contributed by atoms with Gasteiger partial charge in [0.1, 0.15) is 11.3 Å². The van der Waals surface area contributed by atoms with Crippen molar-refractivity contribution >= 4 is 18.0 Å². The topological polar surface area (TPSA) is 127 Å². The molecule has 0 heterocycles. The van der Waals surface area contributed by atoms with Crippen molar-refractivity contribution < 1.29 is 29.7 Å². The third-order valence-electron chi connectivity index (χ3n) is 4.09. The van der Waals surface area contributed by atoms with Crippen LogP contribution < -0.4 is 5.32 Å². The smallest absolute Gasteiger partial charge is 0.330 e. The van der Waals surface area contributed by atoms with Crippen molar-refractivity contribution in [3.63, 3.8) is 0 Å². The first-order valence-electron chi connectivity index (χ1n) is 8.27. The summed E-state index contributed by atoms with van der Waals surface area (Å²) in [7, 11) is 0. The Hall–Kier alpha value is -3.29. The minimum atomic E-state index is -1.76. The highest BCUT2D eigenvalue weighted by Gasteiger charge is 2.45. The van der Waals surface area contributed by atoms with Crippen molar-refractivity contribution in [3.05, 3.63) is 55.1 Å². The van der Waals surface area contributed by atoms with Crippen LogP contribution in [-0.4, -0.2) is 50.3 Å². The Labute approximate surface area is 157 Å². The van der Waals surface area contributed by atoms with Crippen LogP contribution in [0.4, 0.5) is 4.79 Å². The first-order valence-corrected chi connectivity index (χ1v) is 8.27. The number of carbonyl (C=O) groups is 3. The summed E-state index contributed by atoms with van der Waals surface area (Å²) in [5.41, 5.74) is -1.05. The van der Waals surface area contributed by atoms with Gasteiger partial charge < -0.3 is 25.5 Å². The maximum Gasteiger partial charge on any atom is 0.330 e. The molecule has 4 N–H and O–H groups in total. The number of carboxylic acids is 2. The summed E-state index contributed by atoms with van der Waals surface area (Å²) in [5, 5.41) is 30.7. The average Bonchev–Trinajstić information content (AvgIpc) is 2.62. The predicted molar refractivity (Wildman–Crippen MR) is 99.3 cm³/mol. The molecule has 8 heteroatoms. The van der Waals surface area contributed by atoms with Gasteiger partial charge in [-0.3, -0.25) is 4.79 Å². The van der Waals surface area contributed by atoms with Gasteiger partial charge in [0.15, 0.2) is 0 Å². The number of aliphatic carboxylic acids is 2. The van der Waals surface area contributed by atoms with Crippen molar-refractivity contribution in [1.82, 2.24) is 10.2 Å². The van der Waals surface area contributed by atoms with Crippen LogP contribution in [0.15, 0.2) is 49.6 Å². The molecule has 0 saturated heterocycles. The molecule has 1 rings (SSSR count). The van der Waals surface area contributed by atoms with Gasteiger partial charge in [-0.2, -0.15) is 0 Å². The van der Waals surface area contributed by atoms with Crippen molar-refractivity contribution in [2.24, 2.45) is 0 Å². The molecule has 27 heavy (non-hydrogen) atoms. The number of phenols is 1. The average molecular weight is 376 g/mol. The Bertz CT molecular complexity index is 701. The molecule has 0 spiro atoms. The minimum Gasteiger partial charge on any atom is -0.508 e. The van der Waals surface area contributed by atoms with Crippen LogP contribution in [0.5, 0.6) is 5.75 Å². The van der Waals surface area contributed by atoms with Crippen molar-refractivity contribution in [2.75, 3.05) is 6.54 Å². The molecule has 146 valence electrons. The summed E-state index contributed by atoms with van der Waals surface area (Å²) in [6.07, 6.45) is 1.92. The fourth-order valence-corrected chi connectivity index (χ4v) is 2.68. The third-order valence-corrected chi connectivity index (χ3v) is 4.09. The SMILES string of the molecule is C=CCN(C(=O)NCc1ccc(O)cc1)[C@@](CC=C)(CCC(=O)O)C(=O)O. The van der Waals surface area contributed by atoms with Gasteiger partial charge in [0.2, 0.25) is 0 Å². The van der Waals surface area contributed by atoms with Crippen molar-refractivity contribution in [1.29, 1.82) is 0 Å². The Morgan fingerprint density at radius 1 is 1.11 bits per heavy atom. The second-order valence-corrected chi connectivity index (χ2v) is 5.95. The van der Waals surface area contributed by atoms with Gasteiger partial charge >= 0.3 is 18.0 Å². The van der Waals surface area contributed by atoms with Gasteiger partial charge in [-0.25, -0.2) is 9.59 Å². The summed E-state index contributed by atoms with van der Waals surface area (Å²) >= 11 is 0. The van der Waals surface area contributed by atoms with Gasteiger partial charge in [0.05, 0.1) is 0 Å². The summed E-state index contributed by atoms with van der Waals surface area (Å²) in [5.74, 6) is -2.39. The lowest BCUT2D eigenvalue weighted by Crippen LogP contribution is -2.59. The van der Waals surface area contributed by atoms with E-state index in [9.17, 15) is 24.6 Å². The summed E-state index contributed by atoms with van der Waals surface area (Å²) in [4.78, 5) is 36.8. The first kappa shape index (κ1) is 21.8. The van der Waals surface area contributed by atoms with Gasteiger partial charge in [-0.05, 0) is 30.5 Å². The molecule has 1 aromatic carbocycles. The fraction of sp³-hybridized carbons (Fsp3) is 0.316. The third kappa shape index (κ3) is 5.88. The van der Waals surface area contributed by atoms with E-state index in [0.717, 1.165) is 4.90 Å². The van der Waals surface area contributed by atoms with E-state index in [2.05, 4.69) is 18.5 Å². The van der Waals surface area contributed by atoms with Crippen LogP contribution in [0.1, 0.15) is 24.8 Å². The number of nitrogens with one attached hydrogen (secondary N) is 1. The Kier molecular flexibility index (Phi) is 8.06. The number of phenolic OH excluding ortho intramolecular Hbond substituents is 1. The lowest BCUT2D eigenvalue weighted by molar-refractivity contribution is -0.150. The van der Waals surface area contributed by atoms with Crippen LogP contribution in [-0.2, 0) is 16.1 Å². The molecule has 1 atom stereocenters. The maximum atomic E-state index is 12.7. The van der Waals surface area contributed by atoms with E-state index >= 15 is 0 Å². The highest BCUT2D eigenvalue weighted by molar-refractivity contribution is 5.87. The van der Waals surface area contributed by atoms with Gasteiger partial charge in [0.25, 0.3) is 0 Å². The molecule has 0 fully saturated rings. The molecule has 0 aliphatic heterocycles. The number of amides is 2. The molecule has 2 amide bonds. The first-order chi connectivity index (χ1) is 12.8. The lowest BCUT2D eigenvalue weighted by atomic mass is 9.87. The lowest BCUT2D eigenvalue weighted by Gasteiger charge is -2.39. The monoisotopic (exact) mass is 376 g/mol. The van der Waals surface area contributed by atoms with E-state index < -0.39 is 29.9 Å². The molecule has 0 unspecified atom stereocenters. The highest BCUT2D eigenvalue weighted by Crippen LogP contribution is 2.28. The number of nitrogens with zero attached hydrogens (tertiary/aromatic N) is 1. The summed E-state index contributed by atoms with van der Waals surface area (Å²) in [6.45, 7) is 7.12. The number of carboxylic acid groups (broad SMARTS) is 2. The molecular formula is C19H24N2O6. The zero-order valence-corrected chi connectivity index (χ0v) is 14.9. The van der Waals surface area contributed by atoms with Crippen LogP contribution in [0, 0.1) is 0 Å². The molecule has 0 aliphatic rings. The number of benzene rings is 1. The van der Waals surface area contributed by atoms with E-state index in [1.165, 1.54) is 24.3 Å².